The number of alkyl halides is 4. The lowest BCUT2D eigenvalue weighted by Crippen LogP contribution is -2.28. The third kappa shape index (κ3) is 5.19. The van der Waals surface area contributed by atoms with E-state index in [1.165, 1.54) is 12.1 Å². The fourth-order valence-electron chi connectivity index (χ4n) is 4.61. The molecule has 2 fully saturated rings. The van der Waals surface area contributed by atoms with Crippen molar-refractivity contribution < 1.29 is 17.6 Å². The van der Waals surface area contributed by atoms with E-state index in [0.29, 0.717) is 25.9 Å². The van der Waals surface area contributed by atoms with Crippen LogP contribution in [0.4, 0.5) is 23.2 Å². The molecule has 2 heterocycles. The number of benzene rings is 1. The largest absolute Gasteiger partial charge is 0.327 e. The van der Waals surface area contributed by atoms with Crippen molar-refractivity contribution >= 4 is 28.9 Å². The first-order chi connectivity index (χ1) is 14.8. The Hall–Kier alpha value is -1.48. The van der Waals surface area contributed by atoms with Gasteiger partial charge in [-0.25, -0.2) is 26.9 Å². The summed E-state index contributed by atoms with van der Waals surface area (Å²) in [6.45, 7) is 7.12. The smallest absolute Gasteiger partial charge is 0.262 e. The molecule has 32 heavy (non-hydrogen) atoms. The van der Waals surface area contributed by atoms with E-state index in [2.05, 4.69) is 25.3 Å². The van der Waals surface area contributed by atoms with Gasteiger partial charge in [0.05, 0.1) is 23.3 Å². The van der Waals surface area contributed by atoms with E-state index >= 15 is 0 Å². The van der Waals surface area contributed by atoms with Crippen LogP contribution in [0, 0.1) is 5.92 Å². The Bertz CT molecular complexity index is 959. The van der Waals surface area contributed by atoms with Crippen molar-refractivity contribution in [2.24, 2.45) is 5.92 Å². The van der Waals surface area contributed by atoms with E-state index in [1.807, 2.05) is 29.6 Å². The number of rotatable bonds is 5. The molecule has 1 saturated heterocycles. The van der Waals surface area contributed by atoms with Gasteiger partial charge in [-0.15, -0.1) is 0 Å². The second-order valence-electron chi connectivity index (χ2n) is 10.3. The summed E-state index contributed by atoms with van der Waals surface area (Å²) in [5, 5.41) is 0. The minimum atomic E-state index is -2.62. The van der Waals surface area contributed by atoms with Gasteiger partial charge in [-0.05, 0) is 37.0 Å². The first-order valence-corrected chi connectivity index (χ1v) is 12.0. The van der Waals surface area contributed by atoms with Crippen LogP contribution in [0.15, 0.2) is 18.2 Å². The number of imidazole rings is 1. The summed E-state index contributed by atoms with van der Waals surface area (Å²) in [6.07, 6.45) is 0.843. The average molecular weight is 473 g/mol. The summed E-state index contributed by atoms with van der Waals surface area (Å²) in [6, 6.07) is 5.97. The van der Waals surface area contributed by atoms with Crippen LogP contribution >= 0.6 is 12.1 Å². The molecule has 1 saturated carbocycles. The molecule has 1 aliphatic heterocycles. The molecule has 0 spiro atoms. The van der Waals surface area contributed by atoms with Gasteiger partial charge in [-0.2, -0.15) is 0 Å². The van der Waals surface area contributed by atoms with E-state index in [0.717, 1.165) is 22.5 Å². The Morgan fingerprint density at radius 1 is 1.09 bits per heavy atom. The highest BCUT2D eigenvalue weighted by atomic mass is 32.2. The number of hydrogen-bond donors (Lipinski definition) is 0. The molecule has 0 amide bonds. The number of halogens is 4. The summed E-state index contributed by atoms with van der Waals surface area (Å²) < 4.78 is 60.0. The highest BCUT2D eigenvalue weighted by Crippen LogP contribution is 2.39. The lowest BCUT2D eigenvalue weighted by atomic mass is 9.86. The van der Waals surface area contributed by atoms with Crippen molar-refractivity contribution in [3.8, 4) is 0 Å². The Balaban J connectivity index is 1.57. The van der Waals surface area contributed by atoms with Crippen molar-refractivity contribution in [3.05, 3.63) is 24.0 Å². The molecule has 0 unspecified atom stereocenters. The van der Waals surface area contributed by atoms with Crippen LogP contribution in [0.1, 0.15) is 58.7 Å². The summed E-state index contributed by atoms with van der Waals surface area (Å²) in [5.74, 6) is -4.00. The fourth-order valence-corrected chi connectivity index (χ4v) is 5.58. The molecular formula is C23H32F4N4S. The first kappa shape index (κ1) is 23.7. The Morgan fingerprint density at radius 2 is 1.78 bits per heavy atom. The zero-order chi connectivity index (χ0) is 23.3. The van der Waals surface area contributed by atoms with Crippen LogP contribution in [-0.2, 0) is 12.0 Å². The van der Waals surface area contributed by atoms with Crippen LogP contribution in [-0.4, -0.2) is 45.8 Å². The first-order valence-electron chi connectivity index (χ1n) is 11.3. The quantitative estimate of drug-likeness (QED) is 0.366. The van der Waals surface area contributed by atoms with Crippen molar-refractivity contribution in [1.29, 1.82) is 0 Å². The van der Waals surface area contributed by atoms with Gasteiger partial charge in [0.15, 0.2) is 0 Å². The molecule has 9 heteroatoms. The van der Waals surface area contributed by atoms with E-state index in [1.54, 1.807) is 4.31 Å². The Labute approximate surface area is 191 Å². The fraction of sp³-hybridized carbons (Fsp3) is 0.696. The van der Waals surface area contributed by atoms with Crippen LogP contribution in [0.2, 0.25) is 0 Å². The molecule has 1 aromatic heterocycles. The predicted molar refractivity (Wildman–Crippen MR) is 122 cm³/mol. The number of anilines is 1. The minimum absolute atomic E-state index is 0.0448. The van der Waals surface area contributed by atoms with Gasteiger partial charge >= 0.3 is 0 Å². The maximum Gasteiger partial charge on any atom is 0.262 e. The number of fused-ring (bicyclic) bond motifs is 1. The minimum Gasteiger partial charge on any atom is -0.327 e. The molecule has 0 atom stereocenters. The maximum atomic E-state index is 13.6. The predicted octanol–water partition coefficient (Wildman–Crippen LogP) is 6.50. The summed E-state index contributed by atoms with van der Waals surface area (Å²) in [5.41, 5.74) is 2.52. The number of hydrogen-bond acceptors (Lipinski definition) is 4. The van der Waals surface area contributed by atoms with Crippen molar-refractivity contribution in [2.45, 2.75) is 76.7 Å². The van der Waals surface area contributed by atoms with Gasteiger partial charge in [-0.3, -0.25) is 0 Å². The maximum absolute atomic E-state index is 13.6. The van der Waals surface area contributed by atoms with E-state index < -0.39 is 11.8 Å². The van der Waals surface area contributed by atoms with Crippen molar-refractivity contribution in [3.63, 3.8) is 0 Å². The van der Waals surface area contributed by atoms with Gasteiger partial charge in [0.1, 0.15) is 5.82 Å². The summed E-state index contributed by atoms with van der Waals surface area (Å²) >= 11 is 1.30. The van der Waals surface area contributed by atoms with Crippen LogP contribution in [0.25, 0.3) is 11.0 Å². The van der Waals surface area contributed by atoms with Crippen molar-refractivity contribution in [1.82, 2.24) is 13.9 Å². The zero-order valence-corrected chi connectivity index (χ0v) is 20.0. The third-order valence-electron chi connectivity index (χ3n) is 6.42. The highest BCUT2D eigenvalue weighted by Gasteiger charge is 2.39. The van der Waals surface area contributed by atoms with E-state index in [-0.39, 0.29) is 37.1 Å². The van der Waals surface area contributed by atoms with E-state index in [9.17, 15) is 17.6 Å². The average Bonchev–Trinajstić information content (AvgIpc) is 3.22. The van der Waals surface area contributed by atoms with Crippen LogP contribution in [0.3, 0.4) is 0 Å². The van der Waals surface area contributed by atoms with Gasteiger partial charge in [0.25, 0.3) is 5.92 Å². The molecule has 0 N–H and O–H groups in total. The Kier molecular flexibility index (Phi) is 6.20. The number of aromatic nitrogens is 2. The molecular weight excluding hydrogens is 440 g/mol. The van der Waals surface area contributed by atoms with Crippen molar-refractivity contribution in [2.75, 3.05) is 24.4 Å². The lowest BCUT2D eigenvalue weighted by molar-refractivity contribution is -0.0473. The summed E-state index contributed by atoms with van der Waals surface area (Å²) in [4.78, 5) is 4.92. The molecule has 1 aromatic carbocycles. The van der Waals surface area contributed by atoms with Gasteiger partial charge in [0, 0.05) is 56.9 Å². The zero-order valence-electron chi connectivity index (χ0n) is 19.2. The molecule has 0 bridgehead atoms. The third-order valence-corrected chi connectivity index (χ3v) is 7.41. The highest BCUT2D eigenvalue weighted by molar-refractivity contribution is 7.98. The second-order valence-corrected chi connectivity index (χ2v) is 11.5. The summed E-state index contributed by atoms with van der Waals surface area (Å²) in [7, 11) is 1.87. The number of nitrogens with zero attached hydrogens (tertiary/aromatic N) is 4. The second kappa shape index (κ2) is 8.38. The lowest BCUT2D eigenvalue weighted by Gasteiger charge is -2.30. The van der Waals surface area contributed by atoms with Gasteiger partial charge < -0.3 is 8.87 Å². The molecule has 4 nitrogen and oxygen atoms in total. The molecule has 2 aliphatic rings. The SMILES string of the molecule is CN(SN1CCC(F)(F)C1)c1ccc2c(c1)nc(C(C)(C)C)n2CC1CCC(F)(F)CC1. The normalized spacial score (nSPS) is 22.0. The van der Waals surface area contributed by atoms with Crippen LogP contribution < -0.4 is 4.31 Å². The molecule has 0 radical (unpaired) electrons. The standard InChI is InChI=1S/C23H32F4N4S/c1-21(2,3)20-28-18-13-17(29(4)32-30-12-11-23(26,27)15-30)5-6-19(18)31(20)14-16-7-9-22(24,25)10-8-16/h5-6,13,16H,7-12,14-15H2,1-4H3. The molecule has 178 valence electrons. The van der Waals surface area contributed by atoms with Gasteiger partial charge in [-0.1, -0.05) is 20.8 Å². The Morgan fingerprint density at radius 3 is 2.38 bits per heavy atom. The van der Waals surface area contributed by atoms with E-state index in [4.69, 9.17) is 4.98 Å². The molecule has 1 aliphatic carbocycles. The monoisotopic (exact) mass is 472 g/mol. The van der Waals surface area contributed by atoms with Gasteiger partial charge in [0.2, 0.25) is 5.92 Å². The molecule has 4 rings (SSSR count). The topological polar surface area (TPSA) is 24.3 Å². The molecule has 2 aromatic rings. The van der Waals surface area contributed by atoms with Crippen LogP contribution in [0.5, 0.6) is 0 Å².